The van der Waals surface area contributed by atoms with Crippen LogP contribution in [0.15, 0.2) is 5.38 Å². The van der Waals surface area contributed by atoms with Gasteiger partial charge in [0.15, 0.2) is 0 Å². The second kappa shape index (κ2) is 6.64. The monoisotopic (exact) mass is 323 g/mol. The van der Waals surface area contributed by atoms with Crippen molar-refractivity contribution in [2.45, 2.75) is 32.7 Å². The molecule has 0 bridgehead atoms. The minimum absolute atomic E-state index is 0.0887. The Balaban J connectivity index is 1.66. The van der Waals surface area contributed by atoms with E-state index in [4.69, 9.17) is 4.74 Å². The first-order chi connectivity index (χ1) is 10.6. The second-order valence-corrected chi connectivity index (χ2v) is 7.52. The van der Waals surface area contributed by atoms with E-state index in [2.05, 4.69) is 30.7 Å². The molecular formula is C16H25N3O2S. The highest BCUT2D eigenvalue weighted by atomic mass is 32.1. The van der Waals surface area contributed by atoms with Gasteiger partial charge < -0.3 is 9.64 Å². The van der Waals surface area contributed by atoms with E-state index in [1.54, 1.807) is 11.3 Å². The summed E-state index contributed by atoms with van der Waals surface area (Å²) in [4.78, 5) is 21.6. The van der Waals surface area contributed by atoms with E-state index in [1.165, 1.54) is 0 Å². The van der Waals surface area contributed by atoms with Crippen LogP contribution in [0.3, 0.4) is 0 Å². The Bertz CT molecular complexity index is 525. The third-order valence-electron chi connectivity index (χ3n) is 4.61. The summed E-state index contributed by atoms with van der Waals surface area (Å²) in [5.74, 6) is 0.973. The number of nitrogens with zero attached hydrogens (tertiary/aromatic N) is 3. The van der Waals surface area contributed by atoms with Gasteiger partial charge >= 0.3 is 0 Å². The number of likely N-dealkylation sites (tertiary alicyclic amines) is 1. The molecule has 2 saturated heterocycles. The highest BCUT2D eigenvalue weighted by Crippen LogP contribution is 2.25. The van der Waals surface area contributed by atoms with Crippen molar-refractivity contribution >= 4 is 17.2 Å². The molecule has 0 aliphatic carbocycles. The van der Waals surface area contributed by atoms with Gasteiger partial charge in [0.2, 0.25) is 0 Å². The third-order valence-corrected chi connectivity index (χ3v) is 5.75. The van der Waals surface area contributed by atoms with Crippen LogP contribution in [0.4, 0.5) is 0 Å². The Hall–Kier alpha value is -0.980. The zero-order valence-corrected chi connectivity index (χ0v) is 14.4. The van der Waals surface area contributed by atoms with Crippen LogP contribution in [-0.4, -0.2) is 66.1 Å². The van der Waals surface area contributed by atoms with Gasteiger partial charge in [-0.2, -0.15) is 0 Å². The number of hydrogen-bond donors (Lipinski definition) is 0. The van der Waals surface area contributed by atoms with Gasteiger partial charge in [-0.15, -0.1) is 11.3 Å². The molecular weight excluding hydrogens is 298 g/mol. The third kappa shape index (κ3) is 3.19. The van der Waals surface area contributed by atoms with Crippen LogP contribution in [0.2, 0.25) is 0 Å². The molecule has 0 unspecified atom stereocenters. The molecule has 2 aliphatic heterocycles. The number of carbonyl (C=O) groups is 1. The molecule has 1 aromatic rings. The van der Waals surface area contributed by atoms with Crippen molar-refractivity contribution in [1.29, 1.82) is 0 Å². The molecule has 3 heterocycles. The summed E-state index contributed by atoms with van der Waals surface area (Å²) < 4.78 is 5.43. The summed E-state index contributed by atoms with van der Waals surface area (Å²) in [5.41, 5.74) is 0.614. The standard InChI is InChI=1S/C16H25N3O2S/c1-11(2)15-17-13(10-22-15)16(20)19-8-12(3)14(9-19)18-4-6-21-7-5-18/h10-12,14H,4-9H2,1-3H3/t12-,14+/m1/s1. The normalized spacial score (nSPS) is 26.8. The molecule has 3 rings (SSSR count). The lowest BCUT2D eigenvalue weighted by molar-refractivity contribution is 0.0119. The van der Waals surface area contributed by atoms with E-state index in [-0.39, 0.29) is 5.91 Å². The first kappa shape index (κ1) is 15.9. The summed E-state index contributed by atoms with van der Waals surface area (Å²) in [5, 5.41) is 2.95. The number of aromatic nitrogens is 1. The fraction of sp³-hybridized carbons (Fsp3) is 0.750. The molecule has 22 heavy (non-hydrogen) atoms. The van der Waals surface area contributed by atoms with Crippen LogP contribution < -0.4 is 0 Å². The summed E-state index contributed by atoms with van der Waals surface area (Å²) in [6.45, 7) is 11.7. The molecule has 2 aliphatic rings. The Morgan fingerprint density at radius 3 is 2.73 bits per heavy atom. The van der Waals surface area contributed by atoms with Gasteiger partial charge in [-0.1, -0.05) is 20.8 Å². The van der Waals surface area contributed by atoms with Gasteiger partial charge in [-0.3, -0.25) is 9.69 Å². The van der Waals surface area contributed by atoms with E-state index < -0.39 is 0 Å². The summed E-state index contributed by atoms with van der Waals surface area (Å²) in [6.07, 6.45) is 0. The molecule has 1 aromatic heterocycles. The number of thiazole rings is 1. The molecule has 0 N–H and O–H groups in total. The Morgan fingerprint density at radius 1 is 1.36 bits per heavy atom. The van der Waals surface area contributed by atoms with Crippen molar-refractivity contribution in [3.05, 3.63) is 16.1 Å². The fourth-order valence-electron chi connectivity index (χ4n) is 3.31. The van der Waals surface area contributed by atoms with Gasteiger partial charge in [-0.25, -0.2) is 4.98 Å². The minimum atomic E-state index is 0.0887. The lowest BCUT2D eigenvalue weighted by Crippen LogP contribution is -2.47. The van der Waals surface area contributed by atoms with E-state index in [0.717, 1.165) is 44.4 Å². The molecule has 2 atom stereocenters. The van der Waals surface area contributed by atoms with E-state index in [0.29, 0.717) is 23.6 Å². The molecule has 0 spiro atoms. The molecule has 2 fully saturated rings. The maximum Gasteiger partial charge on any atom is 0.273 e. The summed E-state index contributed by atoms with van der Waals surface area (Å²) in [7, 11) is 0. The van der Waals surface area contributed by atoms with E-state index in [9.17, 15) is 4.79 Å². The minimum Gasteiger partial charge on any atom is -0.379 e. The first-order valence-electron chi connectivity index (χ1n) is 8.12. The van der Waals surface area contributed by atoms with Crippen LogP contribution in [0, 0.1) is 5.92 Å². The number of amides is 1. The molecule has 0 saturated carbocycles. The number of morpholine rings is 1. The van der Waals surface area contributed by atoms with E-state index >= 15 is 0 Å². The van der Waals surface area contributed by atoms with Crippen molar-refractivity contribution in [3.8, 4) is 0 Å². The predicted molar refractivity (Wildman–Crippen MR) is 87.5 cm³/mol. The highest BCUT2D eigenvalue weighted by molar-refractivity contribution is 7.09. The zero-order chi connectivity index (χ0) is 15.7. The number of carbonyl (C=O) groups excluding carboxylic acids is 1. The van der Waals surface area contributed by atoms with Crippen molar-refractivity contribution in [2.75, 3.05) is 39.4 Å². The van der Waals surface area contributed by atoms with Crippen LogP contribution in [0.25, 0.3) is 0 Å². The quantitative estimate of drug-likeness (QED) is 0.854. The first-order valence-corrected chi connectivity index (χ1v) is 9.00. The van der Waals surface area contributed by atoms with Gasteiger partial charge in [-0.05, 0) is 5.92 Å². The molecule has 5 nitrogen and oxygen atoms in total. The van der Waals surface area contributed by atoms with Crippen molar-refractivity contribution < 1.29 is 9.53 Å². The maximum atomic E-state index is 12.7. The SMILES string of the molecule is CC(C)c1nc(C(=O)N2C[C@@H](C)[C@@H](N3CCOCC3)C2)cs1. The fourth-order valence-corrected chi connectivity index (χ4v) is 4.12. The average molecular weight is 323 g/mol. The Labute approximate surface area is 136 Å². The zero-order valence-electron chi connectivity index (χ0n) is 13.6. The van der Waals surface area contributed by atoms with Crippen LogP contribution in [0.1, 0.15) is 42.2 Å². The second-order valence-electron chi connectivity index (χ2n) is 6.63. The van der Waals surface area contributed by atoms with Crippen LogP contribution >= 0.6 is 11.3 Å². The van der Waals surface area contributed by atoms with Gasteiger partial charge in [0.25, 0.3) is 5.91 Å². The van der Waals surface area contributed by atoms with Crippen LogP contribution in [-0.2, 0) is 4.74 Å². The van der Waals surface area contributed by atoms with Gasteiger partial charge in [0.1, 0.15) is 5.69 Å². The Morgan fingerprint density at radius 2 is 2.09 bits per heavy atom. The number of hydrogen-bond acceptors (Lipinski definition) is 5. The predicted octanol–water partition coefficient (Wildman–Crippen LogP) is 2.06. The number of rotatable bonds is 3. The highest BCUT2D eigenvalue weighted by Gasteiger charge is 2.37. The Kier molecular flexibility index (Phi) is 4.80. The molecule has 0 radical (unpaired) electrons. The topological polar surface area (TPSA) is 45.7 Å². The van der Waals surface area contributed by atoms with Crippen molar-refractivity contribution in [3.63, 3.8) is 0 Å². The van der Waals surface area contributed by atoms with Crippen LogP contribution in [0.5, 0.6) is 0 Å². The summed E-state index contributed by atoms with van der Waals surface area (Å²) in [6, 6.07) is 0.455. The largest absolute Gasteiger partial charge is 0.379 e. The van der Waals surface area contributed by atoms with E-state index in [1.807, 2.05) is 10.3 Å². The smallest absolute Gasteiger partial charge is 0.273 e. The molecule has 1 amide bonds. The van der Waals surface area contributed by atoms with Crippen molar-refractivity contribution in [2.24, 2.45) is 5.92 Å². The average Bonchev–Trinajstić information content (AvgIpc) is 3.14. The van der Waals surface area contributed by atoms with Gasteiger partial charge in [0.05, 0.1) is 18.2 Å². The lowest BCUT2D eigenvalue weighted by atomic mass is 10.0. The molecule has 6 heteroatoms. The molecule has 0 aromatic carbocycles. The van der Waals surface area contributed by atoms with Gasteiger partial charge in [0, 0.05) is 43.5 Å². The maximum absolute atomic E-state index is 12.7. The molecule has 122 valence electrons. The summed E-state index contributed by atoms with van der Waals surface area (Å²) >= 11 is 1.59. The van der Waals surface area contributed by atoms with Crippen molar-refractivity contribution in [1.82, 2.24) is 14.8 Å². The number of ether oxygens (including phenoxy) is 1. The lowest BCUT2D eigenvalue weighted by Gasteiger charge is -2.33.